The van der Waals surface area contributed by atoms with Crippen LogP contribution in [0.5, 0.6) is 28.7 Å². The summed E-state index contributed by atoms with van der Waals surface area (Å²) >= 11 is 0. The van der Waals surface area contributed by atoms with Crippen LogP contribution in [0, 0.1) is 27.7 Å². The number of para-hydroxylation sites is 1. The second-order valence-electron chi connectivity index (χ2n) is 12.4. The van der Waals surface area contributed by atoms with Gasteiger partial charge in [0.15, 0.2) is 5.75 Å². The van der Waals surface area contributed by atoms with E-state index < -0.39 is 17.8 Å². The molecule has 10 nitrogen and oxygen atoms in total. The van der Waals surface area contributed by atoms with Crippen LogP contribution < -0.4 is 24.3 Å². The number of hydrogen-bond acceptors (Lipinski definition) is 9. The van der Waals surface area contributed by atoms with Gasteiger partial charge in [-0.25, -0.2) is 9.59 Å². The summed E-state index contributed by atoms with van der Waals surface area (Å²) in [4.78, 5) is 43.5. The first-order valence-corrected chi connectivity index (χ1v) is 17.2. The number of esters is 2. The molecule has 0 aliphatic heterocycles. The van der Waals surface area contributed by atoms with Gasteiger partial charge in [-0.1, -0.05) is 71.8 Å². The molecule has 0 saturated carbocycles. The van der Waals surface area contributed by atoms with Gasteiger partial charge in [-0.15, -0.1) is 0 Å². The van der Waals surface area contributed by atoms with Crippen molar-refractivity contribution in [1.29, 1.82) is 0 Å². The number of aromatic nitrogens is 1. The van der Waals surface area contributed by atoms with E-state index in [1.54, 1.807) is 75.9 Å². The highest BCUT2D eigenvalue weighted by Gasteiger charge is 2.20. The van der Waals surface area contributed by atoms with Gasteiger partial charge in [-0.05, 0) is 58.0 Å². The van der Waals surface area contributed by atoms with Gasteiger partial charge in [0.25, 0.3) is 0 Å². The van der Waals surface area contributed by atoms with E-state index in [4.69, 9.17) is 23.7 Å². The van der Waals surface area contributed by atoms with Crippen molar-refractivity contribution in [3.05, 3.63) is 160 Å². The van der Waals surface area contributed by atoms with E-state index in [2.05, 4.69) is 10.3 Å². The van der Waals surface area contributed by atoms with Crippen LogP contribution in [-0.4, -0.2) is 37.0 Å². The fourth-order valence-electron chi connectivity index (χ4n) is 5.38. The zero-order valence-corrected chi connectivity index (χ0v) is 31.1. The van der Waals surface area contributed by atoms with Crippen molar-refractivity contribution >= 4 is 23.9 Å². The molecule has 1 amide bonds. The number of aryl methyl sites for hydroxylation is 3. The molecule has 1 heterocycles. The summed E-state index contributed by atoms with van der Waals surface area (Å²) in [6, 6.07) is 25.1. The lowest BCUT2D eigenvalue weighted by Gasteiger charge is -2.17. The molecule has 0 aliphatic carbocycles. The Morgan fingerprint density at radius 2 is 1.35 bits per heavy atom. The van der Waals surface area contributed by atoms with Crippen LogP contribution in [0.15, 0.2) is 109 Å². The number of carbonyl (C=O) groups is 3. The zero-order chi connectivity index (χ0) is 38.6. The van der Waals surface area contributed by atoms with Crippen molar-refractivity contribution in [2.45, 2.75) is 40.8 Å². The van der Waals surface area contributed by atoms with Crippen molar-refractivity contribution < 1.29 is 38.1 Å². The maximum atomic E-state index is 13.2. The molecule has 0 saturated heterocycles. The van der Waals surface area contributed by atoms with Gasteiger partial charge in [0.2, 0.25) is 5.91 Å². The summed E-state index contributed by atoms with van der Waals surface area (Å²) in [6.07, 6.45) is 8.06. The normalized spacial score (nSPS) is 11.0. The lowest BCUT2D eigenvalue weighted by Crippen LogP contribution is -2.23. The predicted molar refractivity (Wildman–Crippen MR) is 206 cm³/mol. The molecule has 276 valence electrons. The van der Waals surface area contributed by atoms with Gasteiger partial charge in [-0.3, -0.25) is 9.78 Å². The van der Waals surface area contributed by atoms with Crippen molar-refractivity contribution in [3.63, 3.8) is 0 Å². The molecule has 5 aromatic rings. The van der Waals surface area contributed by atoms with Crippen LogP contribution in [0.25, 0.3) is 6.08 Å². The monoisotopic (exact) mass is 726 g/mol. The smallest absolute Gasteiger partial charge is 0.343 e. The van der Waals surface area contributed by atoms with Crippen LogP contribution in [0.4, 0.5) is 0 Å². The number of nitrogens with zero attached hydrogens (tertiary/aromatic N) is 1. The maximum absolute atomic E-state index is 13.2. The molecular weight excluding hydrogens is 684 g/mol. The fraction of sp³-hybridized carbons (Fsp3) is 0.182. The SMILES string of the molecule is COc1cc(Oc2ccccc2C=CC=CC(=O)NCc2c(COC(=O)c3ccc(C)cc3)cnc(C)c2OC(=O)c2ccc(C)cc2)cc(OC)c1C. The minimum Gasteiger partial charge on any atom is -0.496 e. The van der Waals surface area contributed by atoms with Crippen LogP contribution in [0.3, 0.4) is 0 Å². The van der Waals surface area contributed by atoms with E-state index in [0.717, 1.165) is 22.3 Å². The van der Waals surface area contributed by atoms with Gasteiger partial charge < -0.3 is 29.0 Å². The van der Waals surface area contributed by atoms with Crippen LogP contribution in [0.1, 0.15) is 59.8 Å². The highest BCUT2D eigenvalue weighted by Crippen LogP contribution is 2.36. The Morgan fingerprint density at radius 3 is 1.98 bits per heavy atom. The first-order valence-electron chi connectivity index (χ1n) is 17.2. The van der Waals surface area contributed by atoms with Gasteiger partial charge in [0.1, 0.15) is 29.6 Å². The Hall–Kier alpha value is -6.68. The van der Waals surface area contributed by atoms with Crippen molar-refractivity contribution in [1.82, 2.24) is 10.3 Å². The molecule has 5 rings (SSSR count). The topological polar surface area (TPSA) is 122 Å². The number of carbonyl (C=O) groups excluding carboxylic acids is 3. The van der Waals surface area contributed by atoms with E-state index in [9.17, 15) is 14.4 Å². The molecule has 1 N–H and O–H groups in total. The number of benzene rings is 4. The second-order valence-corrected chi connectivity index (χ2v) is 12.4. The van der Waals surface area contributed by atoms with Crippen LogP contribution in [-0.2, 0) is 22.7 Å². The maximum Gasteiger partial charge on any atom is 0.343 e. The Kier molecular flexibility index (Phi) is 13.0. The lowest BCUT2D eigenvalue weighted by molar-refractivity contribution is -0.116. The summed E-state index contributed by atoms with van der Waals surface area (Å²) in [5, 5.41) is 2.85. The Bertz CT molecular complexity index is 2160. The van der Waals surface area contributed by atoms with E-state index in [1.165, 1.54) is 6.08 Å². The fourth-order valence-corrected chi connectivity index (χ4v) is 5.38. The predicted octanol–water partition coefficient (Wildman–Crippen LogP) is 8.59. The van der Waals surface area contributed by atoms with Crippen molar-refractivity contribution in [2.75, 3.05) is 14.2 Å². The van der Waals surface area contributed by atoms with Gasteiger partial charge in [0, 0.05) is 53.2 Å². The Balaban J connectivity index is 1.31. The number of hydrogen-bond donors (Lipinski definition) is 1. The third kappa shape index (κ3) is 10.0. The molecule has 0 radical (unpaired) electrons. The number of pyridine rings is 1. The molecule has 10 heteroatoms. The van der Waals surface area contributed by atoms with Crippen LogP contribution >= 0.6 is 0 Å². The molecule has 0 spiro atoms. The Labute approximate surface area is 315 Å². The minimum atomic E-state index is -0.587. The molecule has 54 heavy (non-hydrogen) atoms. The summed E-state index contributed by atoms with van der Waals surface area (Å²) in [6.45, 7) is 7.25. The molecule has 0 atom stereocenters. The average molecular weight is 727 g/mol. The van der Waals surface area contributed by atoms with E-state index >= 15 is 0 Å². The largest absolute Gasteiger partial charge is 0.496 e. The molecule has 0 bridgehead atoms. The Morgan fingerprint density at radius 1 is 0.741 bits per heavy atom. The third-order valence-electron chi connectivity index (χ3n) is 8.48. The molecule has 0 fully saturated rings. The van der Waals surface area contributed by atoms with Gasteiger partial charge >= 0.3 is 11.9 Å². The summed E-state index contributed by atoms with van der Waals surface area (Å²) < 4.78 is 28.6. The first-order chi connectivity index (χ1) is 26.1. The number of ether oxygens (including phenoxy) is 5. The highest BCUT2D eigenvalue weighted by molar-refractivity contribution is 5.92. The van der Waals surface area contributed by atoms with E-state index in [-0.39, 0.29) is 18.9 Å². The van der Waals surface area contributed by atoms with E-state index in [0.29, 0.717) is 50.9 Å². The third-order valence-corrected chi connectivity index (χ3v) is 8.48. The minimum absolute atomic E-state index is 0.0374. The van der Waals surface area contributed by atoms with Crippen LogP contribution in [0.2, 0.25) is 0 Å². The van der Waals surface area contributed by atoms with Crippen molar-refractivity contribution in [3.8, 4) is 28.7 Å². The molecule has 4 aromatic carbocycles. The van der Waals surface area contributed by atoms with Gasteiger partial charge in [-0.2, -0.15) is 0 Å². The molecule has 0 aliphatic rings. The molecule has 1 aromatic heterocycles. The molecular formula is C44H42N2O8. The first kappa shape index (κ1) is 38.5. The van der Waals surface area contributed by atoms with Crippen molar-refractivity contribution in [2.24, 2.45) is 0 Å². The number of allylic oxidation sites excluding steroid dienone is 2. The summed E-state index contributed by atoms with van der Waals surface area (Å²) in [7, 11) is 3.18. The standard InChI is InChI=1S/C44H42N2O8/c1-28-15-19-33(20-16-28)43(48)52-27-35-25-45-31(4)42(54-44(49)34-21-17-29(2)18-22-34)37(35)26-46-41(47)14-10-8-12-32-11-7-9-13-38(32)53-36-23-39(50-5)30(3)40(24-36)51-6/h7-25H,26-27H2,1-6H3,(H,46,47). The second kappa shape index (κ2) is 18.2. The lowest BCUT2D eigenvalue weighted by atomic mass is 10.1. The number of amides is 1. The zero-order valence-electron chi connectivity index (χ0n) is 31.1. The molecule has 0 unspecified atom stereocenters. The van der Waals surface area contributed by atoms with E-state index in [1.807, 2.05) is 75.4 Å². The average Bonchev–Trinajstić information content (AvgIpc) is 3.17. The highest BCUT2D eigenvalue weighted by atomic mass is 16.5. The summed E-state index contributed by atoms with van der Waals surface area (Å²) in [5.74, 6) is 1.07. The number of rotatable bonds is 14. The number of nitrogens with one attached hydrogen (secondary N) is 1. The van der Waals surface area contributed by atoms with Gasteiger partial charge in [0.05, 0.1) is 31.0 Å². The summed E-state index contributed by atoms with van der Waals surface area (Å²) in [5.41, 5.74) is 5.74. The quantitative estimate of drug-likeness (QED) is 0.0681. The number of methoxy groups -OCH3 is 2.